The fourth-order valence-corrected chi connectivity index (χ4v) is 3.17. The molecule has 0 saturated heterocycles. The molecule has 8 heteroatoms. The van der Waals surface area contributed by atoms with Gasteiger partial charge in [-0.3, -0.25) is 10.1 Å². The first-order valence-electron chi connectivity index (χ1n) is 6.96. The van der Waals surface area contributed by atoms with Crippen LogP contribution in [0.2, 0.25) is 0 Å². The van der Waals surface area contributed by atoms with Crippen LogP contribution in [-0.2, 0) is 0 Å². The van der Waals surface area contributed by atoms with Gasteiger partial charge in [0, 0.05) is 29.2 Å². The summed E-state index contributed by atoms with van der Waals surface area (Å²) in [5.74, 6) is 0. The predicted octanol–water partition coefficient (Wildman–Crippen LogP) is 3.25. The molecule has 2 N–H and O–H groups in total. The van der Waals surface area contributed by atoms with Crippen LogP contribution in [0, 0.1) is 10.1 Å². The highest BCUT2D eigenvalue weighted by Crippen LogP contribution is 2.22. The maximum atomic E-state index is 10.6. The number of nitrogens with zero attached hydrogens (tertiary/aromatic N) is 2. The lowest BCUT2D eigenvalue weighted by molar-refractivity contribution is -0.384. The van der Waals surface area contributed by atoms with Gasteiger partial charge in [0.25, 0.3) is 5.69 Å². The Morgan fingerprint density at radius 3 is 2.57 bits per heavy atom. The second-order valence-corrected chi connectivity index (χ2v) is 6.52. The number of rotatable bonds is 6. The van der Waals surface area contributed by atoms with Gasteiger partial charge in [0.1, 0.15) is 0 Å². The van der Waals surface area contributed by atoms with E-state index < -0.39 is 4.92 Å². The summed E-state index contributed by atoms with van der Waals surface area (Å²) >= 11 is 6.99. The van der Waals surface area contributed by atoms with Crippen molar-refractivity contribution in [1.29, 1.82) is 0 Å². The molecule has 1 aromatic heterocycles. The number of hydrogen-bond donors (Lipinski definition) is 2. The van der Waals surface area contributed by atoms with Crippen molar-refractivity contribution >= 4 is 40.0 Å². The fourth-order valence-electron chi connectivity index (χ4n) is 2.05. The Morgan fingerprint density at radius 1 is 1.35 bits per heavy atom. The molecule has 1 aromatic carbocycles. The molecule has 0 fully saturated rings. The number of thiophene rings is 1. The maximum Gasteiger partial charge on any atom is 0.269 e. The summed E-state index contributed by atoms with van der Waals surface area (Å²) in [5.41, 5.74) is 0.769. The van der Waals surface area contributed by atoms with Gasteiger partial charge < -0.3 is 15.5 Å². The SMILES string of the molecule is CN(C)[C@@H](CNC(=S)Nc1ccc([N+](=O)[O-])cc1)c1cccs1. The highest BCUT2D eigenvalue weighted by Gasteiger charge is 2.15. The van der Waals surface area contributed by atoms with Crippen LogP contribution in [-0.4, -0.2) is 35.6 Å². The van der Waals surface area contributed by atoms with Crippen molar-refractivity contribution in [3.05, 3.63) is 56.8 Å². The number of nitrogens with one attached hydrogen (secondary N) is 2. The second kappa shape index (κ2) is 8.00. The zero-order valence-corrected chi connectivity index (χ0v) is 14.5. The second-order valence-electron chi connectivity index (χ2n) is 5.13. The number of nitro benzene ring substituents is 1. The van der Waals surface area contributed by atoms with E-state index in [-0.39, 0.29) is 11.7 Å². The van der Waals surface area contributed by atoms with Gasteiger partial charge >= 0.3 is 0 Å². The van der Waals surface area contributed by atoms with Gasteiger partial charge in [-0.25, -0.2) is 0 Å². The average Bonchev–Trinajstić information content (AvgIpc) is 3.01. The van der Waals surface area contributed by atoms with Crippen molar-refractivity contribution in [3.8, 4) is 0 Å². The number of anilines is 1. The molecule has 0 spiro atoms. The molecule has 23 heavy (non-hydrogen) atoms. The van der Waals surface area contributed by atoms with E-state index >= 15 is 0 Å². The molecule has 2 aromatic rings. The Morgan fingerprint density at radius 2 is 2.04 bits per heavy atom. The van der Waals surface area contributed by atoms with E-state index in [1.54, 1.807) is 23.5 Å². The smallest absolute Gasteiger partial charge is 0.269 e. The molecule has 0 radical (unpaired) electrons. The Balaban J connectivity index is 1.90. The monoisotopic (exact) mass is 350 g/mol. The van der Waals surface area contributed by atoms with Gasteiger partial charge in [0.05, 0.1) is 11.0 Å². The summed E-state index contributed by atoms with van der Waals surface area (Å²) in [6.45, 7) is 0.673. The standard InChI is InChI=1S/C15H18N4O2S2/c1-18(2)13(14-4-3-9-23-14)10-16-15(22)17-11-5-7-12(8-6-11)19(20)21/h3-9,13H,10H2,1-2H3,(H2,16,17,22)/t13-/m0/s1. The molecule has 2 rings (SSSR count). The Hall–Kier alpha value is -2.03. The van der Waals surface area contributed by atoms with Crippen LogP contribution in [0.1, 0.15) is 10.9 Å². The molecule has 1 atom stereocenters. The van der Waals surface area contributed by atoms with Gasteiger partial charge in [0.15, 0.2) is 5.11 Å². The minimum absolute atomic E-state index is 0.0554. The van der Waals surface area contributed by atoms with E-state index in [2.05, 4.69) is 27.0 Å². The van der Waals surface area contributed by atoms with Crippen molar-refractivity contribution < 1.29 is 4.92 Å². The maximum absolute atomic E-state index is 10.6. The zero-order valence-electron chi connectivity index (χ0n) is 12.9. The number of hydrogen-bond acceptors (Lipinski definition) is 5. The number of non-ortho nitro benzene ring substituents is 1. The van der Waals surface area contributed by atoms with E-state index in [9.17, 15) is 10.1 Å². The van der Waals surface area contributed by atoms with Crippen LogP contribution >= 0.6 is 23.6 Å². The highest BCUT2D eigenvalue weighted by molar-refractivity contribution is 7.80. The molecule has 0 amide bonds. The summed E-state index contributed by atoms with van der Waals surface area (Å²) < 4.78 is 0. The lowest BCUT2D eigenvalue weighted by Gasteiger charge is -2.24. The quantitative estimate of drug-likeness (QED) is 0.473. The van der Waals surface area contributed by atoms with E-state index in [1.165, 1.54) is 17.0 Å². The molecular weight excluding hydrogens is 332 g/mol. The number of benzene rings is 1. The molecule has 1 heterocycles. The summed E-state index contributed by atoms with van der Waals surface area (Å²) in [4.78, 5) is 13.6. The molecule has 0 bridgehead atoms. The first kappa shape index (κ1) is 17.3. The van der Waals surface area contributed by atoms with Crippen molar-refractivity contribution in [2.24, 2.45) is 0 Å². The number of thiocarbonyl (C=S) groups is 1. The van der Waals surface area contributed by atoms with E-state index in [0.717, 1.165) is 0 Å². The molecular formula is C15H18N4O2S2. The first-order valence-corrected chi connectivity index (χ1v) is 8.25. The van der Waals surface area contributed by atoms with Crippen LogP contribution in [0.5, 0.6) is 0 Å². The van der Waals surface area contributed by atoms with Gasteiger partial charge in [-0.15, -0.1) is 11.3 Å². The van der Waals surface area contributed by atoms with Gasteiger partial charge in [-0.1, -0.05) is 6.07 Å². The third kappa shape index (κ3) is 4.98. The van der Waals surface area contributed by atoms with Crippen LogP contribution in [0.3, 0.4) is 0 Å². The minimum Gasteiger partial charge on any atom is -0.360 e. The summed E-state index contributed by atoms with van der Waals surface area (Å²) in [6.07, 6.45) is 0. The number of nitro groups is 1. The van der Waals surface area contributed by atoms with Crippen molar-refractivity contribution in [1.82, 2.24) is 10.2 Å². The molecule has 0 saturated carbocycles. The predicted molar refractivity (Wildman–Crippen MR) is 98.1 cm³/mol. The minimum atomic E-state index is -0.428. The summed E-state index contributed by atoms with van der Waals surface area (Å²) in [5, 5.41) is 19.4. The lowest BCUT2D eigenvalue weighted by atomic mass is 10.2. The normalized spacial score (nSPS) is 12.0. The topological polar surface area (TPSA) is 70.4 Å². The van der Waals surface area contributed by atoms with E-state index in [4.69, 9.17) is 12.2 Å². The Bertz CT molecular complexity index is 657. The molecule has 0 unspecified atom stereocenters. The van der Waals surface area contributed by atoms with Crippen LogP contribution < -0.4 is 10.6 Å². The molecule has 6 nitrogen and oxygen atoms in total. The van der Waals surface area contributed by atoms with Crippen molar-refractivity contribution in [3.63, 3.8) is 0 Å². The van der Waals surface area contributed by atoms with Crippen LogP contribution in [0.15, 0.2) is 41.8 Å². The van der Waals surface area contributed by atoms with Gasteiger partial charge in [-0.2, -0.15) is 0 Å². The zero-order chi connectivity index (χ0) is 16.8. The molecule has 0 aliphatic carbocycles. The van der Waals surface area contributed by atoms with E-state index in [0.29, 0.717) is 17.3 Å². The van der Waals surface area contributed by atoms with E-state index in [1.807, 2.05) is 20.2 Å². The Kier molecular flexibility index (Phi) is 6.03. The number of likely N-dealkylation sites (N-methyl/N-ethyl adjacent to an activating group) is 1. The highest BCUT2D eigenvalue weighted by atomic mass is 32.1. The third-order valence-electron chi connectivity index (χ3n) is 3.29. The third-order valence-corrected chi connectivity index (χ3v) is 4.51. The molecule has 0 aliphatic rings. The van der Waals surface area contributed by atoms with Crippen LogP contribution in [0.25, 0.3) is 0 Å². The van der Waals surface area contributed by atoms with Crippen molar-refractivity contribution in [2.75, 3.05) is 26.0 Å². The van der Waals surface area contributed by atoms with Crippen molar-refractivity contribution in [2.45, 2.75) is 6.04 Å². The molecule has 122 valence electrons. The fraction of sp³-hybridized carbons (Fsp3) is 0.267. The largest absolute Gasteiger partial charge is 0.360 e. The summed E-state index contributed by atoms with van der Waals surface area (Å²) in [7, 11) is 4.05. The lowest BCUT2D eigenvalue weighted by Crippen LogP contribution is -2.36. The van der Waals surface area contributed by atoms with Gasteiger partial charge in [-0.05, 0) is 49.9 Å². The summed E-state index contributed by atoms with van der Waals surface area (Å²) in [6, 6.07) is 10.5. The first-order chi connectivity index (χ1) is 11.0. The van der Waals surface area contributed by atoms with Gasteiger partial charge in [0.2, 0.25) is 0 Å². The van der Waals surface area contributed by atoms with Crippen LogP contribution in [0.4, 0.5) is 11.4 Å². The average molecular weight is 350 g/mol. The Labute approximate surface area is 144 Å². The molecule has 0 aliphatic heterocycles.